The molecule has 1 unspecified atom stereocenters. The molecular formula is C11H17BrN2O3S. The van der Waals surface area contributed by atoms with Crippen LogP contribution in [0, 0.1) is 5.92 Å². The fourth-order valence-corrected chi connectivity index (χ4v) is 3.12. The normalized spacial score (nSPS) is 13.3. The summed E-state index contributed by atoms with van der Waals surface area (Å²) in [5.74, 6) is 0.686. The summed E-state index contributed by atoms with van der Waals surface area (Å²) in [5, 5.41) is 0. The average molecular weight is 337 g/mol. The van der Waals surface area contributed by atoms with Gasteiger partial charge in [-0.25, -0.2) is 13.1 Å². The van der Waals surface area contributed by atoms with E-state index in [9.17, 15) is 8.42 Å². The molecule has 0 amide bonds. The smallest absolute Gasteiger partial charge is 0.240 e. The zero-order valence-corrected chi connectivity index (χ0v) is 12.7. The molecule has 0 radical (unpaired) electrons. The highest BCUT2D eigenvalue weighted by atomic mass is 79.9. The van der Waals surface area contributed by atoms with Crippen LogP contribution in [0.3, 0.4) is 0 Å². The van der Waals surface area contributed by atoms with Crippen molar-refractivity contribution in [2.24, 2.45) is 11.7 Å². The third-order valence-electron chi connectivity index (χ3n) is 2.46. The molecule has 5 nitrogen and oxygen atoms in total. The highest BCUT2D eigenvalue weighted by Gasteiger charge is 2.16. The molecule has 102 valence electrons. The minimum atomic E-state index is -3.50. The van der Waals surface area contributed by atoms with E-state index in [2.05, 4.69) is 20.7 Å². The maximum absolute atomic E-state index is 12.0. The molecule has 1 atom stereocenters. The topological polar surface area (TPSA) is 81.4 Å². The van der Waals surface area contributed by atoms with E-state index in [1.165, 1.54) is 19.2 Å². The van der Waals surface area contributed by atoms with E-state index in [0.29, 0.717) is 23.3 Å². The Kier molecular flexibility index (Phi) is 5.58. The van der Waals surface area contributed by atoms with E-state index in [0.717, 1.165) is 0 Å². The first kappa shape index (κ1) is 15.4. The number of nitrogens with two attached hydrogens (primary N) is 1. The minimum Gasteiger partial charge on any atom is -0.496 e. The van der Waals surface area contributed by atoms with Crippen molar-refractivity contribution < 1.29 is 13.2 Å². The summed E-state index contributed by atoms with van der Waals surface area (Å²) in [6.45, 7) is 2.64. The SMILES string of the molecule is COc1ccc(S(=O)(=O)NCC(C)CN)cc1Br. The van der Waals surface area contributed by atoms with Crippen LogP contribution in [0.15, 0.2) is 27.6 Å². The maximum atomic E-state index is 12.0. The van der Waals surface area contributed by atoms with Gasteiger partial charge >= 0.3 is 0 Å². The van der Waals surface area contributed by atoms with Crippen molar-refractivity contribution in [2.75, 3.05) is 20.2 Å². The van der Waals surface area contributed by atoms with Crippen molar-refractivity contribution in [3.63, 3.8) is 0 Å². The van der Waals surface area contributed by atoms with Gasteiger partial charge in [-0.15, -0.1) is 0 Å². The van der Waals surface area contributed by atoms with Gasteiger partial charge in [-0.1, -0.05) is 6.92 Å². The maximum Gasteiger partial charge on any atom is 0.240 e. The summed E-state index contributed by atoms with van der Waals surface area (Å²) in [7, 11) is -1.98. The molecule has 1 aromatic carbocycles. The first-order valence-corrected chi connectivity index (χ1v) is 7.71. The van der Waals surface area contributed by atoms with Crippen LogP contribution in [0.5, 0.6) is 5.75 Å². The predicted molar refractivity (Wildman–Crippen MR) is 74.1 cm³/mol. The van der Waals surface area contributed by atoms with Crippen molar-refractivity contribution >= 4 is 26.0 Å². The summed E-state index contributed by atoms with van der Waals surface area (Å²) in [6.07, 6.45) is 0. The highest BCUT2D eigenvalue weighted by molar-refractivity contribution is 9.10. The molecule has 1 rings (SSSR count). The van der Waals surface area contributed by atoms with Gasteiger partial charge in [-0.3, -0.25) is 0 Å². The Morgan fingerprint density at radius 2 is 2.17 bits per heavy atom. The largest absolute Gasteiger partial charge is 0.496 e. The third-order valence-corrected chi connectivity index (χ3v) is 4.50. The van der Waals surface area contributed by atoms with Gasteiger partial charge in [0.2, 0.25) is 10.0 Å². The van der Waals surface area contributed by atoms with E-state index in [-0.39, 0.29) is 10.8 Å². The fraction of sp³-hybridized carbons (Fsp3) is 0.455. The summed E-state index contributed by atoms with van der Waals surface area (Å²) in [6, 6.07) is 4.61. The number of rotatable bonds is 6. The summed E-state index contributed by atoms with van der Waals surface area (Å²) < 4.78 is 32.1. The molecule has 0 saturated carbocycles. The molecule has 0 aromatic heterocycles. The number of benzene rings is 1. The minimum absolute atomic E-state index is 0.0986. The third kappa shape index (κ3) is 3.94. The number of ether oxygens (including phenoxy) is 1. The zero-order chi connectivity index (χ0) is 13.8. The number of sulfonamides is 1. The Hall–Kier alpha value is -0.630. The van der Waals surface area contributed by atoms with Crippen LogP contribution in [0.2, 0.25) is 0 Å². The number of nitrogens with one attached hydrogen (secondary N) is 1. The Morgan fingerprint density at radius 1 is 1.50 bits per heavy atom. The van der Waals surface area contributed by atoms with Crippen molar-refractivity contribution in [2.45, 2.75) is 11.8 Å². The summed E-state index contributed by atoms with van der Waals surface area (Å²) >= 11 is 3.26. The van der Waals surface area contributed by atoms with Gasteiger partial charge in [0, 0.05) is 6.54 Å². The van der Waals surface area contributed by atoms with Crippen LogP contribution < -0.4 is 15.2 Å². The van der Waals surface area contributed by atoms with Gasteiger partial charge in [0.1, 0.15) is 5.75 Å². The number of methoxy groups -OCH3 is 1. The first-order chi connectivity index (χ1) is 8.40. The molecule has 0 heterocycles. The lowest BCUT2D eigenvalue weighted by Gasteiger charge is -2.11. The second-order valence-corrected chi connectivity index (χ2v) is 6.61. The molecule has 0 saturated heterocycles. The van der Waals surface area contributed by atoms with E-state index in [1.807, 2.05) is 6.92 Å². The summed E-state index contributed by atoms with van der Waals surface area (Å²) in [5.41, 5.74) is 5.44. The fourth-order valence-electron chi connectivity index (χ4n) is 1.23. The highest BCUT2D eigenvalue weighted by Crippen LogP contribution is 2.27. The van der Waals surface area contributed by atoms with Gasteiger partial charge < -0.3 is 10.5 Å². The molecule has 0 spiro atoms. The standard InChI is InChI=1S/C11H17BrN2O3S/c1-8(6-13)7-14-18(15,16)9-3-4-11(17-2)10(12)5-9/h3-5,8,14H,6-7,13H2,1-2H3. The van der Waals surface area contributed by atoms with Gasteiger partial charge in [0.05, 0.1) is 16.5 Å². The lowest BCUT2D eigenvalue weighted by molar-refractivity contribution is 0.411. The van der Waals surface area contributed by atoms with Crippen molar-refractivity contribution in [1.82, 2.24) is 4.72 Å². The number of halogens is 1. The Labute approximate surface area is 116 Å². The van der Waals surface area contributed by atoms with Gasteiger partial charge in [-0.05, 0) is 46.6 Å². The van der Waals surface area contributed by atoms with Crippen LogP contribution in [0.1, 0.15) is 6.92 Å². The molecule has 1 aromatic rings. The molecule has 0 aliphatic rings. The Balaban J connectivity index is 2.88. The molecule has 7 heteroatoms. The second kappa shape index (κ2) is 6.51. The molecule has 3 N–H and O–H groups in total. The molecular weight excluding hydrogens is 320 g/mol. The number of hydrogen-bond donors (Lipinski definition) is 2. The molecule has 0 aliphatic heterocycles. The quantitative estimate of drug-likeness (QED) is 0.821. The van der Waals surface area contributed by atoms with E-state index < -0.39 is 10.0 Å². The zero-order valence-electron chi connectivity index (χ0n) is 10.3. The Morgan fingerprint density at radius 3 is 2.67 bits per heavy atom. The average Bonchev–Trinajstić information content (AvgIpc) is 2.35. The molecule has 0 bridgehead atoms. The lowest BCUT2D eigenvalue weighted by atomic mass is 10.2. The van der Waals surface area contributed by atoms with Gasteiger partial charge in [-0.2, -0.15) is 0 Å². The van der Waals surface area contributed by atoms with E-state index in [1.54, 1.807) is 6.07 Å². The van der Waals surface area contributed by atoms with Crippen molar-refractivity contribution in [3.05, 3.63) is 22.7 Å². The van der Waals surface area contributed by atoms with Crippen molar-refractivity contribution in [3.8, 4) is 5.75 Å². The second-order valence-electron chi connectivity index (χ2n) is 3.99. The van der Waals surface area contributed by atoms with E-state index >= 15 is 0 Å². The molecule has 0 aliphatic carbocycles. The van der Waals surface area contributed by atoms with Gasteiger partial charge in [0.15, 0.2) is 0 Å². The molecule has 0 fully saturated rings. The van der Waals surface area contributed by atoms with Crippen LogP contribution in [-0.2, 0) is 10.0 Å². The first-order valence-electron chi connectivity index (χ1n) is 5.44. The van der Waals surface area contributed by atoms with E-state index in [4.69, 9.17) is 10.5 Å². The van der Waals surface area contributed by atoms with Crippen LogP contribution in [0.4, 0.5) is 0 Å². The van der Waals surface area contributed by atoms with Crippen LogP contribution in [-0.4, -0.2) is 28.6 Å². The molecule has 18 heavy (non-hydrogen) atoms. The van der Waals surface area contributed by atoms with Gasteiger partial charge in [0.25, 0.3) is 0 Å². The Bertz CT molecular complexity index is 505. The monoisotopic (exact) mass is 336 g/mol. The predicted octanol–water partition coefficient (Wildman–Crippen LogP) is 1.33. The number of hydrogen-bond acceptors (Lipinski definition) is 4. The van der Waals surface area contributed by atoms with Crippen LogP contribution >= 0.6 is 15.9 Å². The lowest BCUT2D eigenvalue weighted by Crippen LogP contribution is -2.31. The van der Waals surface area contributed by atoms with Crippen molar-refractivity contribution in [1.29, 1.82) is 0 Å². The van der Waals surface area contributed by atoms with Crippen LogP contribution in [0.25, 0.3) is 0 Å². The summed E-state index contributed by atoms with van der Waals surface area (Å²) in [4.78, 5) is 0.194.